The lowest BCUT2D eigenvalue weighted by molar-refractivity contribution is 0.691. The monoisotopic (exact) mass is 382 g/mol. The van der Waals surface area contributed by atoms with Crippen LogP contribution in [0.2, 0.25) is 0 Å². The van der Waals surface area contributed by atoms with E-state index in [1.807, 2.05) is 6.07 Å². The molecule has 1 heterocycles. The summed E-state index contributed by atoms with van der Waals surface area (Å²) >= 11 is 6.92. The van der Waals surface area contributed by atoms with E-state index < -0.39 is 0 Å². The Labute approximate surface area is 130 Å². The molecule has 2 aromatic rings. The van der Waals surface area contributed by atoms with Crippen molar-refractivity contribution in [1.29, 1.82) is 0 Å². The molecule has 2 N–H and O–H groups in total. The lowest BCUT2D eigenvalue weighted by atomic mass is 10.00. The van der Waals surface area contributed by atoms with E-state index in [9.17, 15) is 0 Å². The number of nitrogens with two attached hydrogens (primary N) is 1. The summed E-state index contributed by atoms with van der Waals surface area (Å²) in [4.78, 5) is 4.40. The molecule has 0 saturated heterocycles. The van der Waals surface area contributed by atoms with Crippen molar-refractivity contribution in [2.45, 2.75) is 26.3 Å². The fourth-order valence-corrected chi connectivity index (χ4v) is 3.52. The summed E-state index contributed by atoms with van der Waals surface area (Å²) in [7, 11) is 0. The Morgan fingerprint density at radius 2 is 1.74 bits per heavy atom. The first-order valence-corrected chi connectivity index (χ1v) is 7.68. The van der Waals surface area contributed by atoms with Crippen LogP contribution in [0.25, 0.3) is 0 Å². The van der Waals surface area contributed by atoms with Gasteiger partial charge in [0, 0.05) is 15.1 Å². The van der Waals surface area contributed by atoms with Crippen LogP contribution in [0, 0.1) is 13.8 Å². The zero-order valence-corrected chi connectivity index (χ0v) is 14.1. The van der Waals surface area contributed by atoms with E-state index >= 15 is 0 Å². The average molecular weight is 384 g/mol. The van der Waals surface area contributed by atoms with Crippen LogP contribution in [-0.2, 0) is 6.42 Å². The van der Waals surface area contributed by atoms with Gasteiger partial charge in [-0.05, 0) is 63.8 Å². The molecule has 0 aliphatic heterocycles. The van der Waals surface area contributed by atoms with Gasteiger partial charge in [0.25, 0.3) is 0 Å². The molecule has 0 saturated carbocycles. The molecule has 1 atom stereocenters. The van der Waals surface area contributed by atoms with Gasteiger partial charge in [-0.2, -0.15) is 0 Å². The summed E-state index contributed by atoms with van der Waals surface area (Å²) in [6.07, 6.45) is 2.57. The van der Waals surface area contributed by atoms with E-state index in [0.717, 1.165) is 21.1 Å². The maximum absolute atomic E-state index is 6.27. The third-order valence-corrected chi connectivity index (χ3v) is 3.99. The minimum atomic E-state index is -0.108. The van der Waals surface area contributed by atoms with Gasteiger partial charge in [0.2, 0.25) is 0 Å². The molecule has 1 aromatic carbocycles. The van der Waals surface area contributed by atoms with E-state index in [2.05, 4.69) is 68.9 Å². The van der Waals surface area contributed by atoms with Crippen molar-refractivity contribution >= 4 is 31.9 Å². The van der Waals surface area contributed by atoms with Gasteiger partial charge in [-0.15, -0.1) is 0 Å². The Bertz CT molecular complexity index is 576. The smallest absolute Gasteiger partial charge is 0.0716 e. The van der Waals surface area contributed by atoms with Crippen molar-refractivity contribution in [3.63, 3.8) is 0 Å². The molecule has 2 rings (SSSR count). The lowest BCUT2D eigenvalue weighted by Crippen LogP contribution is -2.15. The van der Waals surface area contributed by atoms with Crippen LogP contribution >= 0.6 is 31.9 Å². The molecule has 0 aliphatic carbocycles. The van der Waals surface area contributed by atoms with Gasteiger partial charge >= 0.3 is 0 Å². The summed E-state index contributed by atoms with van der Waals surface area (Å²) in [6, 6.07) is 8.40. The predicted molar refractivity (Wildman–Crippen MR) is 86.2 cm³/mol. The summed E-state index contributed by atoms with van der Waals surface area (Å²) < 4.78 is 1.89. The fourth-order valence-electron chi connectivity index (χ4n) is 2.24. The van der Waals surface area contributed by atoms with Gasteiger partial charge in [0.15, 0.2) is 0 Å². The quantitative estimate of drug-likeness (QED) is 0.849. The number of aryl methyl sites for hydroxylation is 2. The van der Waals surface area contributed by atoms with Crippen LogP contribution in [0.15, 0.2) is 39.4 Å². The zero-order chi connectivity index (χ0) is 14.0. The Hall–Kier alpha value is -0.710. The van der Waals surface area contributed by atoms with Crippen molar-refractivity contribution in [3.05, 3.63) is 61.8 Å². The third kappa shape index (κ3) is 3.88. The van der Waals surface area contributed by atoms with E-state index in [1.165, 1.54) is 16.7 Å². The minimum Gasteiger partial charge on any atom is -0.322 e. The molecule has 0 aliphatic rings. The Morgan fingerprint density at radius 1 is 1.11 bits per heavy atom. The number of aromatic nitrogens is 1. The molecule has 19 heavy (non-hydrogen) atoms. The van der Waals surface area contributed by atoms with Crippen molar-refractivity contribution in [2.24, 2.45) is 5.73 Å². The average Bonchev–Trinajstić information content (AvgIpc) is 2.26. The predicted octanol–water partition coefficient (Wildman–Crippen LogP) is 4.47. The highest BCUT2D eigenvalue weighted by Crippen LogP contribution is 2.25. The van der Waals surface area contributed by atoms with Crippen LogP contribution in [0.5, 0.6) is 0 Å². The van der Waals surface area contributed by atoms with Crippen LogP contribution in [0.3, 0.4) is 0 Å². The maximum Gasteiger partial charge on any atom is 0.0716 e. The highest BCUT2D eigenvalue weighted by atomic mass is 79.9. The van der Waals surface area contributed by atoms with E-state index in [1.54, 1.807) is 6.20 Å². The second-order valence-corrected chi connectivity index (χ2v) is 6.60. The molecule has 0 radical (unpaired) electrons. The van der Waals surface area contributed by atoms with Crippen molar-refractivity contribution in [3.8, 4) is 0 Å². The number of halogens is 2. The fraction of sp³-hybridized carbons (Fsp3) is 0.267. The van der Waals surface area contributed by atoms with Crippen molar-refractivity contribution in [1.82, 2.24) is 4.98 Å². The highest BCUT2D eigenvalue weighted by molar-refractivity contribution is 9.11. The van der Waals surface area contributed by atoms with Crippen molar-refractivity contribution in [2.75, 3.05) is 0 Å². The number of nitrogens with zero attached hydrogens (tertiary/aromatic N) is 1. The van der Waals surface area contributed by atoms with Crippen LogP contribution < -0.4 is 5.73 Å². The molecule has 4 heteroatoms. The number of benzene rings is 1. The Balaban J connectivity index is 2.22. The van der Waals surface area contributed by atoms with Gasteiger partial charge < -0.3 is 5.73 Å². The van der Waals surface area contributed by atoms with Crippen LogP contribution in [0.1, 0.15) is 28.4 Å². The normalized spacial score (nSPS) is 12.5. The largest absolute Gasteiger partial charge is 0.322 e. The summed E-state index contributed by atoms with van der Waals surface area (Å²) in [6.45, 7) is 4.21. The first kappa shape index (κ1) is 14.7. The maximum atomic E-state index is 6.27. The molecule has 100 valence electrons. The summed E-state index contributed by atoms with van der Waals surface area (Å²) in [5, 5.41) is 0. The van der Waals surface area contributed by atoms with Crippen molar-refractivity contribution < 1.29 is 0 Å². The van der Waals surface area contributed by atoms with Gasteiger partial charge in [0.05, 0.1) is 11.7 Å². The minimum absolute atomic E-state index is 0.108. The molecular formula is C15H16Br2N2. The standard InChI is InChI=1S/C15H16Br2N2/c1-9-3-10(2)5-11(4-9)6-14(18)15-13(17)7-12(16)8-19-15/h3-5,7-8,14H,6,18H2,1-2H3. The molecule has 2 nitrogen and oxygen atoms in total. The number of hydrogen-bond donors (Lipinski definition) is 1. The Morgan fingerprint density at radius 3 is 2.32 bits per heavy atom. The first-order chi connectivity index (χ1) is 8.95. The van der Waals surface area contributed by atoms with Gasteiger partial charge in [-0.3, -0.25) is 4.98 Å². The highest BCUT2D eigenvalue weighted by Gasteiger charge is 2.13. The summed E-state index contributed by atoms with van der Waals surface area (Å²) in [5.74, 6) is 0. The topological polar surface area (TPSA) is 38.9 Å². The van der Waals surface area contributed by atoms with E-state index in [-0.39, 0.29) is 6.04 Å². The van der Waals surface area contributed by atoms with Gasteiger partial charge in [-0.25, -0.2) is 0 Å². The molecule has 1 aromatic heterocycles. The number of pyridine rings is 1. The van der Waals surface area contributed by atoms with Gasteiger partial charge in [-0.1, -0.05) is 29.3 Å². The second-order valence-electron chi connectivity index (χ2n) is 4.83. The molecule has 1 unspecified atom stereocenters. The molecule has 0 amide bonds. The van der Waals surface area contributed by atoms with Crippen LogP contribution in [-0.4, -0.2) is 4.98 Å². The molecular weight excluding hydrogens is 368 g/mol. The number of rotatable bonds is 3. The van der Waals surface area contributed by atoms with Crippen LogP contribution in [0.4, 0.5) is 0 Å². The first-order valence-electron chi connectivity index (χ1n) is 6.09. The van der Waals surface area contributed by atoms with E-state index in [4.69, 9.17) is 5.73 Å². The van der Waals surface area contributed by atoms with Gasteiger partial charge in [0.1, 0.15) is 0 Å². The SMILES string of the molecule is Cc1cc(C)cc(CC(N)c2ncc(Br)cc2Br)c1. The molecule has 0 spiro atoms. The zero-order valence-electron chi connectivity index (χ0n) is 11.0. The molecule has 0 fully saturated rings. The number of hydrogen-bond acceptors (Lipinski definition) is 2. The molecule has 0 bridgehead atoms. The second kappa shape index (κ2) is 6.16. The Kier molecular flexibility index (Phi) is 4.76. The summed E-state index contributed by atoms with van der Waals surface area (Å²) in [5.41, 5.74) is 10.9. The lowest BCUT2D eigenvalue weighted by Gasteiger charge is -2.14. The third-order valence-electron chi connectivity index (χ3n) is 2.92. The van der Waals surface area contributed by atoms with E-state index in [0.29, 0.717) is 0 Å².